The van der Waals surface area contributed by atoms with Crippen LogP contribution in [0.5, 0.6) is 11.5 Å². The number of rotatable bonds is 9. The highest BCUT2D eigenvalue weighted by Crippen LogP contribution is 2.34. The molecule has 4 rings (SSSR count). The average Bonchev–Trinajstić information content (AvgIpc) is 2.94. The number of nitrogens with one attached hydrogen (secondary N) is 1. The summed E-state index contributed by atoms with van der Waals surface area (Å²) in [5.74, 6) is -1.16. The van der Waals surface area contributed by atoms with E-state index in [2.05, 4.69) is 5.32 Å². The molecule has 0 spiro atoms. The molecule has 1 atom stereocenters. The van der Waals surface area contributed by atoms with Gasteiger partial charge in [-0.3, -0.25) is 13.9 Å². The van der Waals surface area contributed by atoms with Crippen molar-refractivity contribution in [2.75, 3.05) is 24.1 Å². The summed E-state index contributed by atoms with van der Waals surface area (Å²) in [7, 11) is -4.42. The predicted molar refractivity (Wildman–Crippen MR) is 163 cm³/mol. The van der Waals surface area contributed by atoms with Gasteiger partial charge in [0.1, 0.15) is 31.6 Å². The lowest BCUT2D eigenvalue weighted by Crippen LogP contribution is -2.54. The maximum atomic E-state index is 14.1. The summed E-state index contributed by atoms with van der Waals surface area (Å²) in [6.07, 6.45) is 0. The van der Waals surface area contributed by atoms with Crippen LogP contribution in [0.15, 0.2) is 65.6 Å². The summed E-state index contributed by atoms with van der Waals surface area (Å²) in [5, 5.41) is 3.39. The highest BCUT2D eigenvalue weighted by Gasteiger charge is 2.34. The van der Waals surface area contributed by atoms with Gasteiger partial charge in [-0.05, 0) is 76.2 Å². The van der Waals surface area contributed by atoms with Gasteiger partial charge in [0.05, 0.1) is 10.6 Å². The fourth-order valence-corrected chi connectivity index (χ4v) is 6.30. The van der Waals surface area contributed by atoms with Crippen LogP contribution < -0.4 is 19.1 Å². The van der Waals surface area contributed by atoms with E-state index in [1.54, 1.807) is 39.0 Å². The zero-order chi connectivity index (χ0) is 31.5. The summed E-state index contributed by atoms with van der Waals surface area (Å²) in [4.78, 5) is 28.4. The second-order valence-corrected chi connectivity index (χ2v) is 13.6. The Morgan fingerprint density at radius 2 is 1.58 bits per heavy atom. The molecule has 1 aliphatic rings. The van der Waals surface area contributed by atoms with Gasteiger partial charge < -0.3 is 19.7 Å². The molecular weight excluding hydrogens is 620 g/mol. The zero-order valence-corrected chi connectivity index (χ0v) is 26.4. The van der Waals surface area contributed by atoms with Crippen LogP contribution in [-0.4, -0.2) is 56.5 Å². The predicted octanol–water partition coefficient (Wildman–Crippen LogP) is 5.43. The van der Waals surface area contributed by atoms with Crippen LogP contribution in [0, 0.1) is 5.82 Å². The molecule has 3 aromatic rings. The van der Waals surface area contributed by atoms with Crippen LogP contribution >= 0.6 is 23.2 Å². The van der Waals surface area contributed by atoms with Gasteiger partial charge in [0.15, 0.2) is 11.5 Å². The molecule has 0 aliphatic carbocycles. The molecule has 0 aromatic heterocycles. The van der Waals surface area contributed by atoms with Gasteiger partial charge in [0, 0.05) is 33.8 Å². The lowest BCUT2D eigenvalue weighted by molar-refractivity contribution is -0.140. The number of carbonyl (C=O) groups is 2. The van der Waals surface area contributed by atoms with E-state index in [1.807, 2.05) is 0 Å². The largest absolute Gasteiger partial charge is 0.486 e. The topological polar surface area (TPSA) is 105 Å². The number of hydrogen-bond donors (Lipinski definition) is 1. The van der Waals surface area contributed by atoms with Crippen molar-refractivity contribution in [2.24, 2.45) is 0 Å². The van der Waals surface area contributed by atoms with E-state index in [4.69, 9.17) is 32.7 Å². The Hall–Kier alpha value is -3.54. The number of amides is 2. The number of halogens is 3. The molecule has 0 bridgehead atoms. The fraction of sp³-hybridized carbons (Fsp3) is 0.333. The van der Waals surface area contributed by atoms with Gasteiger partial charge in [-0.25, -0.2) is 12.8 Å². The first kappa shape index (κ1) is 32.4. The Morgan fingerprint density at radius 1 is 0.977 bits per heavy atom. The van der Waals surface area contributed by atoms with Crippen LogP contribution in [-0.2, 0) is 26.2 Å². The van der Waals surface area contributed by atoms with Crippen molar-refractivity contribution < 1.29 is 31.9 Å². The molecule has 13 heteroatoms. The van der Waals surface area contributed by atoms with Gasteiger partial charge in [0.2, 0.25) is 11.8 Å². The molecule has 0 saturated heterocycles. The van der Waals surface area contributed by atoms with E-state index < -0.39 is 45.8 Å². The summed E-state index contributed by atoms with van der Waals surface area (Å²) in [5.41, 5.74) is -0.186. The van der Waals surface area contributed by atoms with Crippen molar-refractivity contribution in [1.29, 1.82) is 0 Å². The average molecular weight is 653 g/mol. The van der Waals surface area contributed by atoms with Gasteiger partial charge in [0.25, 0.3) is 10.0 Å². The Kier molecular flexibility index (Phi) is 9.78. The van der Waals surface area contributed by atoms with Crippen LogP contribution in [0.25, 0.3) is 0 Å². The van der Waals surface area contributed by atoms with Crippen molar-refractivity contribution in [1.82, 2.24) is 10.2 Å². The summed E-state index contributed by atoms with van der Waals surface area (Å²) < 4.78 is 53.9. The van der Waals surface area contributed by atoms with Gasteiger partial charge in [-0.2, -0.15) is 0 Å². The molecule has 1 N–H and O–H groups in total. The van der Waals surface area contributed by atoms with Crippen LogP contribution in [0.4, 0.5) is 10.1 Å². The monoisotopic (exact) mass is 651 g/mol. The second kappa shape index (κ2) is 13.0. The van der Waals surface area contributed by atoms with Crippen molar-refractivity contribution in [3.63, 3.8) is 0 Å². The standard InChI is InChI=1S/C30H32Cl2FN3O6S/c1-19(29(38)34-30(2,3)4)35(17-23-24(31)6-5-7-25(23)32)28(37)18-36(21-10-8-20(33)9-11-21)43(39,40)22-12-13-26-27(16-22)42-15-14-41-26/h5-13,16,19H,14-15,17-18H2,1-4H3,(H,34,38)/t19-/m0/s1. The van der Waals surface area contributed by atoms with Crippen molar-refractivity contribution in [3.05, 3.63) is 82.1 Å². The second-order valence-electron chi connectivity index (χ2n) is 10.9. The smallest absolute Gasteiger partial charge is 0.264 e. The van der Waals surface area contributed by atoms with E-state index in [1.165, 1.54) is 42.2 Å². The third-order valence-electron chi connectivity index (χ3n) is 6.55. The van der Waals surface area contributed by atoms with E-state index in [-0.39, 0.29) is 39.5 Å². The number of carbonyl (C=O) groups excluding carboxylic acids is 2. The molecule has 3 aromatic carbocycles. The van der Waals surface area contributed by atoms with Crippen molar-refractivity contribution in [3.8, 4) is 11.5 Å². The first-order valence-corrected chi connectivity index (χ1v) is 15.6. The molecule has 0 fully saturated rings. The number of nitrogens with zero attached hydrogens (tertiary/aromatic N) is 2. The quantitative estimate of drug-likeness (QED) is 0.331. The molecular formula is C30H32Cl2FN3O6S. The Balaban J connectivity index is 1.76. The van der Waals surface area contributed by atoms with Crippen molar-refractivity contribution in [2.45, 2.75) is 50.7 Å². The maximum Gasteiger partial charge on any atom is 0.264 e. The lowest BCUT2D eigenvalue weighted by Gasteiger charge is -2.34. The number of benzene rings is 3. The summed E-state index contributed by atoms with van der Waals surface area (Å²) in [6, 6.07) is 12.6. The Labute approximate surface area is 260 Å². The SMILES string of the molecule is C[C@@H](C(=O)NC(C)(C)C)N(Cc1c(Cl)cccc1Cl)C(=O)CN(c1ccc(F)cc1)S(=O)(=O)c1ccc2c(c1)OCCO2. The maximum absolute atomic E-state index is 14.1. The lowest BCUT2D eigenvalue weighted by atomic mass is 10.1. The Morgan fingerprint density at radius 3 is 2.19 bits per heavy atom. The van der Waals surface area contributed by atoms with E-state index in [0.717, 1.165) is 16.4 Å². The summed E-state index contributed by atoms with van der Waals surface area (Å²) >= 11 is 12.8. The molecule has 230 valence electrons. The molecule has 1 aliphatic heterocycles. The van der Waals surface area contributed by atoms with Gasteiger partial charge >= 0.3 is 0 Å². The number of anilines is 1. The minimum atomic E-state index is -4.42. The van der Waals surface area contributed by atoms with Crippen LogP contribution in [0.2, 0.25) is 10.0 Å². The molecule has 9 nitrogen and oxygen atoms in total. The highest BCUT2D eigenvalue weighted by atomic mass is 35.5. The third-order valence-corrected chi connectivity index (χ3v) is 9.03. The number of ether oxygens (including phenoxy) is 2. The van der Waals surface area contributed by atoms with E-state index in [0.29, 0.717) is 17.9 Å². The van der Waals surface area contributed by atoms with E-state index >= 15 is 0 Å². The minimum Gasteiger partial charge on any atom is -0.486 e. The van der Waals surface area contributed by atoms with Crippen LogP contribution in [0.3, 0.4) is 0 Å². The normalized spacial score (nSPS) is 13.7. The fourth-order valence-electron chi connectivity index (χ4n) is 4.36. The summed E-state index contributed by atoms with van der Waals surface area (Å²) in [6.45, 7) is 6.57. The minimum absolute atomic E-state index is 0.0344. The van der Waals surface area contributed by atoms with Crippen molar-refractivity contribution >= 4 is 50.7 Å². The third kappa shape index (κ3) is 7.70. The number of hydrogen-bond acceptors (Lipinski definition) is 6. The molecule has 0 saturated carbocycles. The molecule has 0 radical (unpaired) electrons. The molecule has 2 amide bonds. The Bertz CT molecular complexity index is 1590. The van der Waals surface area contributed by atoms with Gasteiger partial charge in [-0.1, -0.05) is 29.3 Å². The molecule has 0 unspecified atom stereocenters. The van der Waals surface area contributed by atoms with Crippen LogP contribution in [0.1, 0.15) is 33.3 Å². The zero-order valence-electron chi connectivity index (χ0n) is 24.1. The first-order valence-electron chi connectivity index (χ1n) is 13.4. The van der Waals surface area contributed by atoms with E-state index in [9.17, 15) is 22.4 Å². The molecule has 1 heterocycles. The first-order chi connectivity index (χ1) is 20.2. The van der Waals surface area contributed by atoms with Gasteiger partial charge in [-0.15, -0.1) is 0 Å². The molecule has 43 heavy (non-hydrogen) atoms. The highest BCUT2D eigenvalue weighted by molar-refractivity contribution is 7.92. The number of fused-ring (bicyclic) bond motifs is 1. The number of sulfonamides is 1.